The minimum absolute atomic E-state index is 0.0109. The minimum Gasteiger partial charge on any atom is -0.302 e. The minimum atomic E-state index is -0.134. The first-order chi connectivity index (χ1) is 14.6. The molecule has 8 heteroatoms. The zero-order valence-corrected chi connectivity index (χ0v) is 18.5. The average Bonchev–Trinajstić information content (AvgIpc) is 3.19. The van der Waals surface area contributed by atoms with Gasteiger partial charge in [-0.3, -0.25) is 14.2 Å². The highest BCUT2D eigenvalue weighted by Crippen LogP contribution is 2.26. The van der Waals surface area contributed by atoms with E-state index in [0.717, 1.165) is 30.5 Å². The number of rotatable bonds is 7. The smallest absolute Gasteiger partial charge is 0.262 e. The van der Waals surface area contributed by atoms with Gasteiger partial charge in [0.1, 0.15) is 0 Å². The van der Waals surface area contributed by atoms with Crippen molar-refractivity contribution in [3.63, 3.8) is 0 Å². The molecule has 0 atom stereocenters. The van der Waals surface area contributed by atoms with Gasteiger partial charge in [-0.05, 0) is 44.2 Å². The lowest BCUT2D eigenvalue weighted by Gasteiger charge is -2.16. The molecule has 0 saturated heterocycles. The van der Waals surface area contributed by atoms with Gasteiger partial charge in [0.2, 0.25) is 5.91 Å². The third-order valence-electron chi connectivity index (χ3n) is 5.05. The number of benzene rings is 1. The summed E-state index contributed by atoms with van der Waals surface area (Å²) in [5, 5.41) is 6.59. The third kappa shape index (κ3) is 4.99. The fourth-order valence-corrected chi connectivity index (χ4v) is 5.34. The summed E-state index contributed by atoms with van der Waals surface area (Å²) in [6.07, 6.45) is 7.98. The van der Waals surface area contributed by atoms with Crippen LogP contribution in [0.1, 0.15) is 44.7 Å². The summed E-state index contributed by atoms with van der Waals surface area (Å²) >= 11 is 2.91. The monoisotopic (exact) mass is 440 g/mol. The number of para-hydroxylation sites is 1. The first-order valence-electron chi connectivity index (χ1n) is 10.1. The van der Waals surface area contributed by atoms with E-state index in [1.54, 1.807) is 0 Å². The molecule has 0 aliphatic heterocycles. The Morgan fingerprint density at radius 3 is 2.93 bits per heavy atom. The number of thiazole rings is 1. The van der Waals surface area contributed by atoms with Gasteiger partial charge < -0.3 is 5.32 Å². The van der Waals surface area contributed by atoms with E-state index in [1.165, 1.54) is 48.4 Å². The Labute approximate surface area is 183 Å². The number of hydrogen-bond acceptors (Lipinski definition) is 6. The van der Waals surface area contributed by atoms with Gasteiger partial charge in [-0.1, -0.05) is 35.5 Å². The lowest BCUT2D eigenvalue weighted by molar-refractivity contribution is -0.114. The number of carbonyl (C=O) groups excluding carboxylic acids is 1. The fraction of sp³-hybridized carbons (Fsp3) is 0.364. The van der Waals surface area contributed by atoms with E-state index in [4.69, 9.17) is 4.98 Å². The number of thioether (sulfide) groups is 1. The Balaban J connectivity index is 1.58. The van der Waals surface area contributed by atoms with Crippen LogP contribution in [0.4, 0.5) is 5.13 Å². The summed E-state index contributed by atoms with van der Waals surface area (Å²) in [7, 11) is 0. The van der Waals surface area contributed by atoms with Gasteiger partial charge in [-0.15, -0.1) is 11.3 Å². The number of nitrogens with zero attached hydrogens (tertiary/aromatic N) is 3. The Hall–Kier alpha value is -2.45. The molecule has 156 valence electrons. The van der Waals surface area contributed by atoms with Crippen LogP contribution in [0.3, 0.4) is 0 Å². The van der Waals surface area contributed by atoms with Crippen molar-refractivity contribution in [1.29, 1.82) is 0 Å². The van der Waals surface area contributed by atoms with Gasteiger partial charge >= 0.3 is 0 Å². The summed E-state index contributed by atoms with van der Waals surface area (Å²) < 4.78 is 1.81. The first kappa shape index (κ1) is 20.8. The molecule has 0 saturated carbocycles. The Bertz CT molecular complexity index is 1150. The molecule has 0 spiro atoms. The van der Waals surface area contributed by atoms with Gasteiger partial charge in [0, 0.05) is 24.6 Å². The number of hydrogen-bond donors (Lipinski definition) is 1. The standard InChI is InChI=1S/C22H24N4O2S2/c1-15(27)23-21-24-17(13-29-21)14-30-22-25-19-10-6-5-9-18(19)20(28)26(22)12-11-16-7-3-2-4-8-16/h5-7,9-10,13H,2-4,8,11-12,14H2,1H3,(H,23,24,27). The molecule has 1 aliphatic rings. The predicted octanol–water partition coefficient (Wildman–Crippen LogP) is 4.99. The van der Waals surface area contributed by atoms with E-state index >= 15 is 0 Å². The molecule has 6 nitrogen and oxygen atoms in total. The molecule has 0 fully saturated rings. The van der Waals surface area contributed by atoms with Crippen LogP contribution in [0.5, 0.6) is 0 Å². The van der Waals surface area contributed by atoms with Crippen LogP contribution in [0, 0.1) is 0 Å². The van der Waals surface area contributed by atoms with Crippen LogP contribution in [-0.4, -0.2) is 20.4 Å². The van der Waals surface area contributed by atoms with Gasteiger partial charge in [0.05, 0.1) is 16.6 Å². The van der Waals surface area contributed by atoms with Gasteiger partial charge in [-0.25, -0.2) is 9.97 Å². The van der Waals surface area contributed by atoms with Crippen LogP contribution >= 0.6 is 23.1 Å². The van der Waals surface area contributed by atoms with E-state index in [0.29, 0.717) is 28.0 Å². The quantitative estimate of drug-likeness (QED) is 0.318. The highest BCUT2D eigenvalue weighted by atomic mass is 32.2. The van der Waals surface area contributed by atoms with Crippen molar-refractivity contribution in [2.45, 2.75) is 56.5 Å². The summed E-state index contributed by atoms with van der Waals surface area (Å²) in [6.45, 7) is 2.11. The van der Waals surface area contributed by atoms with Gasteiger partial charge in [0.15, 0.2) is 10.3 Å². The van der Waals surface area contributed by atoms with Crippen molar-refractivity contribution in [3.05, 3.63) is 57.3 Å². The summed E-state index contributed by atoms with van der Waals surface area (Å²) in [4.78, 5) is 33.6. The highest BCUT2D eigenvalue weighted by Gasteiger charge is 2.14. The van der Waals surface area contributed by atoms with E-state index in [2.05, 4.69) is 16.4 Å². The van der Waals surface area contributed by atoms with Crippen molar-refractivity contribution < 1.29 is 4.79 Å². The van der Waals surface area contributed by atoms with Crippen LogP contribution in [-0.2, 0) is 17.1 Å². The predicted molar refractivity (Wildman–Crippen MR) is 123 cm³/mol. The second-order valence-electron chi connectivity index (χ2n) is 7.34. The normalized spacial score (nSPS) is 14.0. The van der Waals surface area contributed by atoms with E-state index in [1.807, 2.05) is 34.2 Å². The number of allylic oxidation sites excluding steroid dienone is 2. The molecule has 2 heterocycles. The molecular formula is C22H24N4O2S2. The number of amides is 1. The molecule has 0 radical (unpaired) electrons. The maximum absolute atomic E-state index is 13.2. The zero-order chi connectivity index (χ0) is 20.9. The lowest BCUT2D eigenvalue weighted by atomic mass is 9.97. The van der Waals surface area contributed by atoms with E-state index < -0.39 is 0 Å². The molecule has 2 aromatic heterocycles. The number of anilines is 1. The molecule has 1 aliphatic carbocycles. The Morgan fingerprint density at radius 2 is 2.13 bits per heavy atom. The maximum Gasteiger partial charge on any atom is 0.262 e. The average molecular weight is 441 g/mol. The number of fused-ring (bicyclic) bond motifs is 1. The van der Waals surface area contributed by atoms with Crippen molar-refractivity contribution in [1.82, 2.24) is 14.5 Å². The van der Waals surface area contributed by atoms with Crippen LogP contribution in [0.2, 0.25) is 0 Å². The molecule has 30 heavy (non-hydrogen) atoms. The van der Waals surface area contributed by atoms with E-state index in [-0.39, 0.29) is 11.5 Å². The Kier molecular flexibility index (Phi) is 6.64. The highest BCUT2D eigenvalue weighted by molar-refractivity contribution is 7.98. The maximum atomic E-state index is 13.2. The van der Waals surface area contributed by atoms with Crippen molar-refractivity contribution in [3.8, 4) is 0 Å². The molecular weight excluding hydrogens is 416 g/mol. The summed E-state index contributed by atoms with van der Waals surface area (Å²) in [5.74, 6) is 0.453. The SMILES string of the molecule is CC(=O)Nc1nc(CSc2nc3ccccc3c(=O)n2CCC2=CCCCC2)cs1. The number of aromatic nitrogens is 3. The lowest BCUT2D eigenvalue weighted by Crippen LogP contribution is -2.24. The fourth-order valence-electron chi connectivity index (χ4n) is 3.56. The zero-order valence-electron chi connectivity index (χ0n) is 16.9. The van der Waals surface area contributed by atoms with Crippen LogP contribution < -0.4 is 10.9 Å². The van der Waals surface area contributed by atoms with Crippen LogP contribution in [0.25, 0.3) is 10.9 Å². The van der Waals surface area contributed by atoms with E-state index in [9.17, 15) is 9.59 Å². The van der Waals surface area contributed by atoms with Gasteiger partial charge in [0.25, 0.3) is 5.56 Å². The summed E-state index contributed by atoms with van der Waals surface area (Å²) in [6, 6.07) is 7.51. The summed E-state index contributed by atoms with van der Waals surface area (Å²) in [5.41, 5.74) is 3.03. The molecule has 4 rings (SSSR count). The van der Waals surface area contributed by atoms with Crippen LogP contribution in [0.15, 0.2) is 51.2 Å². The number of nitrogens with one attached hydrogen (secondary N) is 1. The molecule has 0 bridgehead atoms. The molecule has 1 N–H and O–H groups in total. The second kappa shape index (κ2) is 9.57. The first-order valence-corrected chi connectivity index (χ1v) is 12.0. The topological polar surface area (TPSA) is 76.9 Å². The largest absolute Gasteiger partial charge is 0.302 e. The van der Waals surface area contributed by atoms with Crippen molar-refractivity contribution >= 4 is 45.0 Å². The second-order valence-corrected chi connectivity index (χ2v) is 9.14. The van der Waals surface area contributed by atoms with Gasteiger partial charge in [-0.2, -0.15) is 0 Å². The molecule has 0 unspecified atom stereocenters. The third-order valence-corrected chi connectivity index (χ3v) is 6.87. The van der Waals surface area contributed by atoms with Crippen molar-refractivity contribution in [2.75, 3.05) is 5.32 Å². The Morgan fingerprint density at radius 1 is 1.27 bits per heavy atom. The molecule has 1 amide bonds. The number of carbonyl (C=O) groups is 1. The molecule has 1 aromatic carbocycles. The van der Waals surface area contributed by atoms with Crippen molar-refractivity contribution in [2.24, 2.45) is 0 Å². The molecule has 3 aromatic rings.